The van der Waals surface area contributed by atoms with Crippen LogP contribution in [0.5, 0.6) is 5.75 Å². The van der Waals surface area contributed by atoms with Crippen LogP contribution >= 0.6 is 0 Å². The Hall–Kier alpha value is -2.91. The van der Waals surface area contributed by atoms with E-state index in [0.29, 0.717) is 13.0 Å². The third kappa shape index (κ3) is 7.35. The second-order valence-electron chi connectivity index (χ2n) is 8.30. The zero-order valence-corrected chi connectivity index (χ0v) is 19.8. The topological polar surface area (TPSA) is 111 Å². The van der Waals surface area contributed by atoms with Crippen molar-refractivity contribution in [1.82, 2.24) is 10.0 Å². The second-order valence-corrected chi connectivity index (χ2v) is 9.95. The van der Waals surface area contributed by atoms with Gasteiger partial charge < -0.3 is 14.8 Å². The fraction of sp³-hybridized carbons (Fsp3) is 0.391. The van der Waals surface area contributed by atoms with Gasteiger partial charge in [0.25, 0.3) is 5.91 Å². The summed E-state index contributed by atoms with van der Waals surface area (Å²) in [5, 5.41) is 2.73. The molecule has 174 valence electrons. The van der Waals surface area contributed by atoms with Crippen LogP contribution in [0, 0.1) is 0 Å². The SMILES string of the molecule is COc1ccc(C(=O)OC(C)C(=O)NCCc2ccccc2)cc1S(=O)(=O)NC(C)(C)C. The van der Waals surface area contributed by atoms with Crippen molar-refractivity contribution in [2.45, 2.75) is 50.7 Å². The Kier molecular flexibility index (Phi) is 8.40. The lowest BCUT2D eigenvalue weighted by Gasteiger charge is -2.21. The first kappa shape index (κ1) is 25.4. The number of carbonyl (C=O) groups excluding carboxylic acids is 2. The molecule has 1 amide bonds. The van der Waals surface area contributed by atoms with Gasteiger partial charge in [-0.05, 0) is 57.9 Å². The fourth-order valence-corrected chi connectivity index (χ4v) is 4.49. The average Bonchev–Trinajstić information content (AvgIpc) is 2.72. The van der Waals surface area contributed by atoms with E-state index in [4.69, 9.17) is 9.47 Å². The minimum atomic E-state index is -3.96. The molecule has 0 aliphatic heterocycles. The summed E-state index contributed by atoms with van der Waals surface area (Å²) in [6.45, 7) is 6.96. The predicted octanol–water partition coefficient (Wildman–Crippen LogP) is 2.68. The van der Waals surface area contributed by atoms with Gasteiger partial charge in [0.2, 0.25) is 10.0 Å². The Morgan fingerprint density at radius 2 is 1.72 bits per heavy atom. The molecule has 2 aromatic carbocycles. The van der Waals surface area contributed by atoms with Gasteiger partial charge in [-0.2, -0.15) is 0 Å². The molecule has 0 saturated carbocycles. The van der Waals surface area contributed by atoms with Gasteiger partial charge in [0.15, 0.2) is 6.10 Å². The Balaban J connectivity index is 2.06. The molecule has 0 aliphatic carbocycles. The van der Waals surface area contributed by atoms with Crippen molar-refractivity contribution in [3.05, 3.63) is 59.7 Å². The zero-order valence-electron chi connectivity index (χ0n) is 19.0. The minimum absolute atomic E-state index is 0.0102. The summed E-state index contributed by atoms with van der Waals surface area (Å²) in [5.41, 5.74) is 0.337. The molecule has 0 heterocycles. The van der Waals surface area contributed by atoms with Crippen molar-refractivity contribution in [2.24, 2.45) is 0 Å². The number of hydrogen-bond acceptors (Lipinski definition) is 6. The maximum absolute atomic E-state index is 12.8. The lowest BCUT2D eigenvalue weighted by Crippen LogP contribution is -2.40. The highest BCUT2D eigenvalue weighted by Crippen LogP contribution is 2.26. The highest BCUT2D eigenvalue weighted by atomic mass is 32.2. The fourth-order valence-electron chi connectivity index (χ4n) is 2.87. The van der Waals surface area contributed by atoms with Gasteiger partial charge in [0.1, 0.15) is 10.6 Å². The van der Waals surface area contributed by atoms with Crippen molar-refractivity contribution in [3.8, 4) is 5.75 Å². The number of carbonyl (C=O) groups is 2. The van der Waals surface area contributed by atoms with Crippen molar-refractivity contribution < 1.29 is 27.5 Å². The first-order valence-corrected chi connectivity index (χ1v) is 11.7. The highest BCUT2D eigenvalue weighted by molar-refractivity contribution is 7.89. The maximum atomic E-state index is 12.8. The van der Waals surface area contributed by atoms with Gasteiger partial charge in [-0.1, -0.05) is 30.3 Å². The summed E-state index contributed by atoms with van der Waals surface area (Å²) in [5.74, 6) is -1.17. The van der Waals surface area contributed by atoms with E-state index in [2.05, 4.69) is 10.0 Å². The normalized spacial score (nSPS) is 12.7. The Morgan fingerprint density at radius 1 is 1.06 bits per heavy atom. The van der Waals surface area contributed by atoms with E-state index in [1.807, 2.05) is 30.3 Å². The predicted molar refractivity (Wildman–Crippen MR) is 121 cm³/mol. The van der Waals surface area contributed by atoms with Crippen LogP contribution in [0.15, 0.2) is 53.4 Å². The molecule has 0 bridgehead atoms. The van der Waals surface area contributed by atoms with Gasteiger partial charge in [0.05, 0.1) is 12.7 Å². The summed E-state index contributed by atoms with van der Waals surface area (Å²) in [6.07, 6.45) is -0.401. The van der Waals surface area contributed by atoms with E-state index < -0.39 is 33.5 Å². The monoisotopic (exact) mass is 462 g/mol. The van der Waals surface area contributed by atoms with Crippen molar-refractivity contribution in [3.63, 3.8) is 0 Å². The molecule has 8 nitrogen and oxygen atoms in total. The average molecular weight is 463 g/mol. The smallest absolute Gasteiger partial charge is 0.338 e. The summed E-state index contributed by atoms with van der Waals surface area (Å²) >= 11 is 0. The van der Waals surface area contributed by atoms with Crippen LogP contribution < -0.4 is 14.8 Å². The number of rotatable bonds is 9. The van der Waals surface area contributed by atoms with E-state index in [0.717, 1.165) is 5.56 Å². The molecule has 2 rings (SSSR count). The first-order valence-electron chi connectivity index (χ1n) is 10.2. The quantitative estimate of drug-likeness (QED) is 0.555. The molecule has 32 heavy (non-hydrogen) atoms. The van der Waals surface area contributed by atoms with Gasteiger partial charge in [-0.3, -0.25) is 4.79 Å². The van der Waals surface area contributed by atoms with Crippen LogP contribution in [-0.4, -0.2) is 45.6 Å². The molecule has 0 radical (unpaired) electrons. The Morgan fingerprint density at radius 3 is 2.31 bits per heavy atom. The number of ether oxygens (including phenoxy) is 2. The number of amides is 1. The van der Waals surface area contributed by atoms with E-state index in [-0.39, 0.29) is 16.2 Å². The highest BCUT2D eigenvalue weighted by Gasteiger charge is 2.27. The molecule has 1 atom stereocenters. The molecule has 2 aromatic rings. The van der Waals surface area contributed by atoms with E-state index in [1.165, 1.54) is 32.2 Å². The van der Waals surface area contributed by atoms with Crippen LogP contribution in [0.25, 0.3) is 0 Å². The van der Waals surface area contributed by atoms with Crippen LogP contribution in [0.1, 0.15) is 43.6 Å². The molecule has 0 aliphatic rings. The number of sulfonamides is 1. The lowest BCUT2D eigenvalue weighted by molar-refractivity contribution is -0.129. The molecule has 9 heteroatoms. The summed E-state index contributed by atoms with van der Waals surface area (Å²) in [4.78, 5) is 24.6. The number of methoxy groups -OCH3 is 1. The third-order valence-corrected chi connectivity index (χ3v) is 6.12. The summed E-state index contributed by atoms with van der Waals surface area (Å²) in [6, 6.07) is 13.6. The van der Waals surface area contributed by atoms with Gasteiger partial charge in [0, 0.05) is 12.1 Å². The molecule has 0 fully saturated rings. The van der Waals surface area contributed by atoms with Crippen molar-refractivity contribution in [2.75, 3.05) is 13.7 Å². The molecule has 0 saturated heterocycles. The number of esters is 1. The van der Waals surface area contributed by atoms with Crippen LogP contribution in [0.2, 0.25) is 0 Å². The van der Waals surface area contributed by atoms with Crippen LogP contribution in [-0.2, 0) is 26.0 Å². The van der Waals surface area contributed by atoms with E-state index >= 15 is 0 Å². The number of hydrogen-bond donors (Lipinski definition) is 2. The summed E-state index contributed by atoms with van der Waals surface area (Å²) in [7, 11) is -2.62. The third-order valence-electron chi connectivity index (χ3n) is 4.34. The van der Waals surface area contributed by atoms with Crippen LogP contribution in [0.4, 0.5) is 0 Å². The second kappa shape index (κ2) is 10.6. The van der Waals surface area contributed by atoms with Gasteiger partial charge in [-0.15, -0.1) is 0 Å². The van der Waals surface area contributed by atoms with Gasteiger partial charge >= 0.3 is 5.97 Å². The maximum Gasteiger partial charge on any atom is 0.338 e. The van der Waals surface area contributed by atoms with E-state index in [1.54, 1.807) is 20.8 Å². The summed E-state index contributed by atoms with van der Waals surface area (Å²) < 4.78 is 38.4. The van der Waals surface area contributed by atoms with Gasteiger partial charge in [-0.25, -0.2) is 17.9 Å². The number of nitrogens with one attached hydrogen (secondary N) is 2. The number of benzene rings is 2. The first-order chi connectivity index (χ1) is 14.9. The zero-order chi connectivity index (χ0) is 23.9. The van der Waals surface area contributed by atoms with Crippen molar-refractivity contribution >= 4 is 21.9 Å². The molecule has 0 spiro atoms. The molecular formula is C23H30N2O6S. The molecule has 1 unspecified atom stereocenters. The van der Waals surface area contributed by atoms with Crippen molar-refractivity contribution in [1.29, 1.82) is 0 Å². The molecular weight excluding hydrogens is 432 g/mol. The minimum Gasteiger partial charge on any atom is -0.495 e. The Bertz CT molecular complexity index is 1050. The largest absolute Gasteiger partial charge is 0.495 e. The van der Waals surface area contributed by atoms with Crippen LogP contribution in [0.3, 0.4) is 0 Å². The van der Waals surface area contributed by atoms with E-state index in [9.17, 15) is 18.0 Å². The molecule has 0 aromatic heterocycles. The standard InChI is InChI=1S/C23H30N2O6S/c1-16(21(26)24-14-13-17-9-7-6-8-10-17)31-22(27)18-11-12-19(30-5)20(15-18)32(28,29)25-23(2,3)4/h6-12,15-16,25H,13-14H2,1-5H3,(H,24,26). The molecule has 2 N–H and O–H groups in total. The Labute approximate surface area is 189 Å². The lowest BCUT2D eigenvalue weighted by atomic mass is 10.1.